The fourth-order valence-electron chi connectivity index (χ4n) is 3.47. The van der Waals surface area contributed by atoms with Crippen LogP contribution in [0.4, 0.5) is 5.69 Å². The van der Waals surface area contributed by atoms with E-state index in [2.05, 4.69) is 65.0 Å². The molecule has 0 amide bonds. The van der Waals surface area contributed by atoms with Gasteiger partial charge in [0.15, 0.2) is 0 Å². The van der Waals surface area contributed by atoms with Crippen LogP contribution < -0.4 is 0 Å². The van der Waals surface area contributed by atoms with Crippen molar-refractivity contribution < 1.29 is 21.7 Å². The number of hydrogen-bond donors (Lipinski definition) is 0. The molecule has 2 aromatic carbocycles. The Hall–Kier alpha value is -1.12. The number of hydrogen-bond acceptors (Lipinski definition) is 0. The van der Waals surface area contributed by atoms with Crippen LogP contribution in [0.25, 0.3) is 11.3 Å². The SMILES string of the molecule is CC1=CCC(c2ccccc2[C-](C)C)=C1C.Cc1cc(C)c([NH-])c(C)c1.Cl.Cl.[Ti+2]. The van der Waals surface area contributed by atoms with Crippen molar-refractivity contribution in [2.75, 3.05) is 0 Å². The molecule has 0 saturated heterocycles. The van der Waals surface area contributed by atoms with E-state index in [4.69, 9.17) is 5.73 Å². The van der Waals surface area contributed by atoms with Gasteiger partial charge in [0.1, 0.15) is 0 Å². The largest absolute Gasteiger partial charge is 2.00 e. The van der Waals surface area contributed by atoms with Gasteiger partial charge in [-0.05, 0) is 41.0 Å². The molecule has 4 heteroatoms. The Kier molecular flexibility index (Phi) is 13.7. The summed E-state index contributed by atoms with van der Waals surface area (Å²) in [5.41, 5.74) is 18.8. The summed E-state index contributed by atoms with van der Waals surface area (Å²) < 4.78 is 0. The summed E-state index contributed by atoms with van der Waals surface area (Å²) in [6, 6.07) is 12.8. The molecule has 3 rings (SSSR count). The van der Waals surface area contributed by atoms with Crippen molar-refractivity contribution in [3.8, 4) is 0 Å². The van der Waals surface area contributed by atoms with Crippen molar-refractivity contribution in [2.24, 2.45) is 0 Å². The van der Waals surface area contributed by atoms with Crippen LogP contribution >= 0.6 is 24.8 Å². The van der Waals surface area contributed by atoms with Crippen LogP contribution in [-0.2, 0) is 21.7 Å². The van der Waals surface area contributed by atoms with Gasteiger partial charge >= 0.3 is 21.7 Å². The van der Waals surface area contributed by atoms with Crippen LogP contribution in [0, 0.1) is 26.7 Å². The number of rotatable bonds is 2. The molecule has 0 radical (unpaired) electrons. The van der Waals surface area contributed by atoms with E-state index in [1.165, 1.54) is 39.3 Å². The van der Waals surface area contributed by atoms with Crippen molar-refractivity contribution in [3.63, 3.8) is 0 Å². The smallest absolute Gasteiger partial charge is 0.698 e. The topological polar surface area (TPSA) is 23.8 Å². The maximum absolute atomic E-state index is 7.54. The molecule has 1 aliphatic carbocycles. The molecule has 1 aliphatic rings. The standard InChI is InChI=1S/C16H19.C9H12N.2ClH.Ti/c1-11(2)14-7-5-6-8-16(14)15-10-9-12(3)13(15)4;1-6-4-7(2)9(10)8(3)5-6;;;/h5-9H,10H2,1-4H3;4-5,10H,1-3H3;2*1H;/q2*-1;;;+2. The second-order valence-corrected chi connectivity index (χ2v) is 7.51. The molecule has 1 nitrogen and oxygen atoms in total. The van der Waals surface area contributed by atoms with Gasteiger partial charge in [0.25, 0.3) is 0 Å². The van der Waals surface area contributed by atoms with Gasteiger partial charge in [-0.2, -0.15) is 17.5 Å². The van der Waals surface area contributed by atoms with E-state index >= 15 is 0 Å². The summed E-state index contributed by atoms with van der Waals surface area (Å²) >= 11 is 0. The zero-order chi connectivity index (χ0) is 19.4. The van der Waals surface area contributed by atoms with Gasteiger partial charge in [-0.1, -0.05) is 71.5 Å². The molecule has 0 atom stereocenters. The van der Waals surface area contributed by atoms with E-state index in [9.17, 15) is 0 Å². The average molecular weight is 466 g/mol. The molecule has 0 bridgehead atoms. The number of benzene rings is 2. The molecule has 0 heterocycles. The molecule has 0 aromatic heterocycles. The second-order valence-electron chi connectivity index (χ2n) is 7.51. The number of allylic oxidation sites excluding steroid dienone is 4. The molecule has 2 aromatic rings. The first-order chi connectivity index (χ1) is 12.2. The van der Waals surface area contributed by atoms with Crippen molar-refractivity contribution in [3.05, 3.63) is 93.1 Å². The van der Waals surface area contributed by atoms with Crippen molar-refractivity contribution in [1.82, 2.24) is 0 Å². The maximum atomic E-state index is 7.54. The van der Waals surface area contributed by atoms with Crippen LogP contribution in [-0.4, -0.2) is 0 Å². The summed E-state index contributed by atoms with van der Waals surface area (Å²) in [7, 11) is 0. The summed E-state index contributed by atoms with van der Waals surface area (Å²) in [5, 5.41) is 0. The van der Waals surface area contributed by atoms with Gasteiger partial charge < -0.3 is 5.73 Å². The molecular formula is C25H33Cl2NTi. The summed E-state index contributed by atoms with van der Waals surface area (Å²) in [6.45, 7) is 14.8. The van der Waals surface area contributed by atoms with Gasteiger partial charge in [0.05, 0.1) is 0 Å². The summed E-state index contributed by atoms with van der Waals surface area (Å²) in [6.07, 6.45) is 3.41. The Morgan fingerprint density at radius 1 is 0.862 bits per heavy atom. The third kappa shape index (κ3) is 7.57. The van der Waals surface area contributed by atoms with Crippen molar-refractivity contribution in [1.29, 1.82) is 0 Å². The first-order valence-electron chi connectivity index (χ1n) is 9.28. The molecule has 29 heavy (non-hydrogen) atoms. The zero-order valence-corrected chi connectivity index (χ0v) is 21.8. The van der Waals surface area contributed by atoms with Crippen molar-refractivity contribution in [2.45, 2.75) is 54.9 Å². The second kappa shape index (κ2) is 13.2. The number of halogens is 2. The molecule has 1 N–H and O–H groups in total. The van der Waals surface area contributed by atoms with Crippen LogP contribution in [0.15, 0.2) is 53.6 Å². The van der Waals surface area contributed by atoms with Gasteiger partial charge in [-0.25, -0.2) is 0 Å². The minimum atomic E-state index is 0. The Balaban J connectivity index is 0. The van der Waals surface area contributed by atoms with Crippen LogP contribution in [0.1, 0.15) is 61.9 Å². The molecule has 0 aliphatic heterocycles. The Bertz CT molecular complexity index is 844. The third-order valence-electron chi connectivity index (χ3n) is 5.12. The van der Waals surface area contributed by atoms with E-state index in [0.29, 0.717) is 5.69 Å². The Labute approximate surface area is 205 Å². The van der Waals surface area contributed by atoms with Gasteiger partial charge in [-0.15, -0.1) is 48.2 Å². The normalized spacial score (nSPS) is 11.9. The number of nitrogens with one attached hydrogen (secondary N) is 1. The third-order valence-corrected chi connectivity index (χ3v) is 5.12. The maximum Gasteiger partial charge on any atom is 2.00 e. The van der Waals surface area contributed by atoms with Crippen molar-refractivity contribution >= 4 is 36.1 Å². The van der Waals surface area contributed by atoms with Gasteiger partial charge in [0, 0.05) is 0 Å². The number of aryl methyl sites for hydroxylation is 3. The fraction of sp³-hybridized carbons (Fsp3) is 0.320. The summed E-state index contributed by atoms with van der Waals surface area (Å²) in [4.78, 5) is 0. The fourth-order valence-corrected chi connectivity index (χ4v) is 3.47. The van der Waals surface area contributed by atoms with Gasteiger partial charge in [0.2, 0.25) is 0 Å². The average Bonchev–Trinajstić information content (AvgIpc) is 2.92. The monoisotopic (exact) mass is 465 g/mol. The quantitative estimate of drug-likeness (QED) is 0.312. The van der Waals surface area contributed by atoms with Crippen LogP contribution in [0.3, 0.4) is 0 Å². The molecule has 0 fully saturated rings. The Morgan fingerprint density at radius 3 is 1.83 bits per heavy atom. The van der Waals surface area contributed by atoms with E-state index in [1.54, 1.807) is 0 Å². The van der Waals surface area contributed by atoms with Crippen LogP contribution in [0.5, 0.6) is 0 Å². The predicted molar refractivity (Wildman–Crippen MR) is 130 cm³/mol. The first kappa shape index (κ1) is 30.1. The predicted octanol–water partition coefficient (Wildman–Crippen LogP) is 8.91. The molecule has 0 saturated carbocycles. The molecule has 156 valence electrons. The minimum absolute atomic E-state index is 0. The minimum Gasteiger partial charge on any atom is -0.698 e. The molecule has 0 spiro atoms. The van der Waals surface area contributed by atoms with E-state index < -0.39 is 0 Å². The molecular weight excluding hydrogens is 433 g/mol. The van der Waals surface area contributed by atoms with Crippen LogP contribution in [0.2, 0.25) is 0 Å². The molecule has 0 unspecified atom stereocenters. The van der Waals surface area contributed by atoms with E-state index in [0.717, 1.165) is 17.5 Å². The first-order valence-corrected chi connectivity index (χ1v) is 9.28. The van der Waals surface area contributed by atoms with E-state index in [-0.39, 0.29) is 46.5 Å². The van der Waals surface area contributed by atoms with E-state index in [1.807, 2.05) is 26.0 Å². The summed E-state index contributed by atoms with van der Waals surface area (Å²) in [5.74, 6) is 1.39. The van der Waals surface area contributed by atoms with Gasteiger partial charge in [-0.3, -0.25) is 0 Å². The zero-order valence-electron chi connectivity index (χ0n) is 18.6. The Morgan fingerprint density at radius 2 is 1.38 bits per heavy atom.